The van der Waals surface area contributed by atoms with Crippen LogP contribution in [-0.2, 0) is 25.7 Å². The molecule has 1 fully saturated rings. The average Bonchev–Trinajstić information content (AvgIpc) is 2.90. The summed E-state index contributed by atoms with van der Waals surface area (Å²) in [5, 5.41) is 4.66. The van der Waals surface area contributed by atoms with E-state index in [1.165, 1.54) is 10.6 Å². The fourth-order valence-corrected chi connectivity index (χ4v) is 3.25. The standard InChI is InChI=1S/C20H23FN4O5/c1-10-22-17-12(18(28)23-13-5-6-15(26)24-19(13)29)7-11(21)8-14(17)25(10)9-16(27)30-20(2,3)4/h7-8,13H,5-6,9H2,1-4H3,(H,23,28)(H,24,26,29). The minimum absolute atomic E-state index is 0.0688. The lowest BCUT2D eigenvalue weighted by atomic mass is 10.1. The number of piperidine rings is 1. The van der Waals surface area contributed by atoms with Crippen molar-refractivity contribution in [3.05, 3.63) is 29.3 Å². The molecule has 10 heteroatoms. The summed E-state index contributed by atoms with van der Waals surface area (Å²) < 4.78 is 21.1. The third kappa shape index (κ3) is 4.64. The number of carbonyl (C=O) groups is 4. The van der Waals surface area contributed by atoms with Crippen LogP contribution in [0.15, 0.2) is 12.1 Å². The number of hydrogen-bond acceptors (Lipinski definition) is 6. The van der Waals surface area contributed by atoms with E-state index in [-0.39, 0.29) is 36.0 Å². The monoisotopic (exact) mass is 418 g/mol. The first-order valence-corrected chi connectivity index (χ1v) is 9.47. The van der Waals surface area contributed by atoms with E-state index in [0.29, 0.717) is 5.82 Å². The lowest BCUT2D eigenvalue weighted by Crippen LogP contribution is -2.52. The summed E-state index contributed by atoms with van der Waals surface area (Å²) in [5.41, 5.74) is -0.297. The van der Waals surface area contributed by atoms with E-state index in [1.807, 2.05) is 0 Å². The van der Waals surface area contributed by atoms with Gasteiger partial charge in [0.1, 0.15) is 35.3 Å². The molecular weight excluding hydrogens is 395 g/mol. The second-order valence-corrected chi connectivity index (χ2v) is 8.13. The van der Waals surface area contributed by atoms with Gasteiger partial charge >= 0.3 is 5.97 Å². The Morgan fingerprint density at radius 1 is 1.33 bits per heavy atom. The quantitative estimate of drug-likeness (QED) is 0.572. The van der Waals surface area contributed by atoms with Gasteiger partial charge < -0.3 is 14.6 Å². The van der Waals surface area contributed by atoms with Gasteiger partial charge in [-0.2, -0.15) is 0 Å². The Kier molecular flexibility index (Phi) is 5.60. The molecule has 30 heavy (non-hydrogen) atoms. The SMILES string of the molecule is Cc1nc2c(C(=O)NC3CCC(=O)NC3=O)cc(F)cc2n1CC(=O)OC(C)(C)C. The highest BCUT2D eigenvalue weighted by Crippen LogP contribution is 2.23. The van der Waals surface area contributed by atoms with Crippen LogP contribution >= 0.6 is 0 Å². The van der Waals surface area contributed by atoms with Crippen LogP contribution in [0.3, 0.4) is 0 Å². The number of benzene rings is 1. The van der Waals surface area contributed by atoms with E-state index in [2.05, 4.69) is 15.6 Å². The summed E-state index contributed by atoms with van der Waals surface area (Å²) in [6.45, 7) is 6.64. The normalized spacial score (nSPS) is 17.0. The summed E-state index contributed by atoms with van der Waals surface area (Å²) in [6.07, 6.45) is 0.250. The zero-order valence-corrected chi connectivity index (χ0v) is 17.2. The maximum absolute atomic E-state index is 14.3. The van der Waals surface area contributed by atoms with Gasteiger partial charge in [-0.15, -0.1) is 0 Å². The first-order valence-electron chi connectivity index (χ1n) is 9.47. The second-order valence-electron chi connectivity index (χ2n) is 8.13. The van der Waals surface area contributed by atoms with Crippen LogP contribution in [0.5, 0.6) is 0 Å². The summed E-state index contributed by atoms with van der Waals surface area (Å²) in [6, 6.07) is 1.30. The molecule has 1 aliphatic heterocycles. The molecule has 160 valence electrons. The van der Waals surface area contributed by atoms with Gasteiger partial charge in [-0.25, -0.2) is 9.37 Å². The molecule has 1 atom stereocenters. The number of halogens is 1. The lowest BCUT2D eigenvalue weighted by molar-refractivity contribution is -0.155. The van der Waals surface area contributed by atoms with Crippen molar-refractivity contribution in [2.75, 3.05) is 0 Å². The topological polar surface area (TPSA) is 119 Å². The molecule has 9 nitrogen and oxygen atoms in total. The van der Waals surface area contributed by atoms with Gasteiger partial charge in [0.25, 0.3) is 5.91 Å². The molecule has 1 aromatic heterocycles. The average molecular weight is 418 g/mol. The molecule has 0 aliphatic carbocycles. The van der Waals surface area contributed by atoms with Gasteiger partial charge in [0.05, 0.1) is 11.1 Å². The molecule has 0 bridgehead atoms. The number of aromatic nitrogens is 2. The van der Waals surface area contributed by atoms with Crippen LogP contribution in [-0.4, -0.2) is 44.9 Å². The van der Waals surface area contributed by atoms with Crippen molar-refractivity contribution in [1.29, 1.82) is 0 Å². The highest BCUT2D eigenvalue weighted by atomic mass is 19.1. The molecule has 0 radical (unpaired) electrons. The van der Waals surface area contributed by atoms with Gasteiger partial charge in [-0.1, -0.05) is 0 Å². The Bertz CT molecular complexity index is 1050. The number of nitrogens with one attached hydrogen (secondary N) is 2. The summed E-state index contributed by atoms with van der Waals surface area (Å²) in [7, 11) is 0. The third-order valence-electron chi connectivity index (χ3n) is 4.51. The maximum Gasteiger partial charge on any atom is 0.326 e. The van der Waals surface area contributed by atoms with Gasteiger partial charge in [-0.05, 0) is 46.2 Å². The Balaban J connectivity index is 1.91. The highest BCUT2D eigenvalue weighted by molar-refractivity contribution is 6.08. The summed E-state index contributed by atoms with van der Waals surface area (Å²) in [5.74, 6) is -2.54. The predicted octanol–water partition coefficient (Wildman–Crippen LogP) is 1.36. The van der Waals surface area contributed by atoms with Gasteiger partial charge in [-0.3, -0.25) is 24.5 Å². The maximum atomic E-state index is 14.3. The van der Waals surface area contributed by atoms with Crippen molar-refractivity contribution in [2.24, 2.45) is 0 Å². The summed E-state index contributed by atoms with van der Waals surface area (Å²) in [4.78, 5) is 52.5. The van der Waals surface area contributed by atoms with Gasteiger partial charge in [0, 0.05) is 6.42 Å². The number of imide groups is 1. The number of fused-ring (bicyclic) bond motifs is 1. The molecule has 2 aromatic rings. The van der Waals surface area contributed by atoms with Crippen molar-refractivity contribution in [3.8, 4) is 0 Å². The predicted molar refractivity (Wildman–Crippen MR) is 104 cm³/mol. The first-order chi connectivity index (χ1) is 13.9. The zero-order chi connectivity index (χ0) is 22.2. The minimum Gasteiger partial charge on any atom is -0.459 e. The number of imidazole rings is 1. The van der Waals surface area contributed by atoms with Crippen LogP contribution in [0.4, 0.5) is 4.39 Å². The number of rotatable bonds is 4. The van der Waals surface area contributed by atoms with Gasteiger partial charge in [0.15, 0.2) is 0 Å². The van der Waals surface area contributed by atoms with Crippen molar-refractivity contribution < 1.29 is 28.3 Å². The molecule has 2 heterocycles. The molecule has 1 saturated heterocycles. The van der Waals surface area contributed by atoms with Crippen LogP contribution in [0.25, 0.3) is 11.0 Å². The molecule has 0 spiro atoms. The number of amides is 3. The van der Waals surface area contributed by atoms with Crippen LogP contribution in [0.1, 0.15) is 49.8 Å². The van der Waals surface area contributed by atoms with E-state index in [1.54, 1.807) is 27.7 Å². The van der Waals surface area contributed by atoms with Gasteiger partial charge in [0.2, 0.25) is 11.8 Å². The van der Waals surface area contributed by atoms with Crippen molar-refractivity contribution in [2.45, 2.75) is 58.7 Å². The number of carbonyl (C=O) groups excluding carboxylic acids is 4. The molecular formula is C20H23FN4O5. The molecule has 3 amide bonds. The summed E-state index contributed by atoms with van der Waals surface area (Å²) >= 11 is 0. The number of nitrogens with zero attached hydrogens (tertiary/aromatic N) is 2. The minimum atomic E-state index is -0.904. The Hall–Kier alpha value is -3.30. The van der Waals surface area contributed by atoms with E-state index < -0.39 is 41.2 Å². The highest BCUT2D eigenvalue weighted by Gasteiger charge is 2.29. The number of ether oxygens (including phenoxy) is 1. The molecule has 1 aliphatic rings. The van der Waals surface area contributed by atoms with Crippen LogP contribution in [0.2, 0.25) is 0 Å². The molecule has 1 aromatic carbocycles. The zero-order valence-electron chi connectivity index (χ0n) is 17.2. The smallest absolute Gasteiger partial charge is 0.326 e. The fourth-order valence-electron chi connectivity index (χ4n) is 3.25. The van der Waals surface area contributed by atoms with Crippen molar-refractivity contribution in [1.82, 2.24) is 20.2 Å². The van der Waals surface area contributed by atoms with E-state index in [0.717, 1.165) is 6.07 Å². The number of esters is 1. The molecule has 0 saturated carbocycles. The van der Waals surface area contributed by atoms with E-state index in [4.69, 9.17) is 4.74 Å². The van der Waals surface area contributed by atoms with Crippen LogP contribution < -0.4 is 10.6 Å². The Labute approximate surface area is 172 Å². The molecule has 3 rings (SSSR count). The molecule has 2 N–H and O–H groups in total. The van der Waals surface area contributed by atoms with Crippen molar-refractivity contribution in [3.63, 3.8) is 0 Å². The van der Waals surface area contributed by atoms with E-state index >= 15 is 0 Å². The largest absolute Gasteiger partial charge is 0.459 e. The van der Waals surface area contributed by atoms with E-state index in [9.17, 15) is 23.6 Å². The molecule has 1 unspecified atom stereocenters. The lowest BCUT2D eigenvalue weighted by Gasteiger charge is -2.21. The fraction of sp³-hybridized carbons (Fsp3) is 0.450. The second kappa shape index (κ2) is 7.85. The number of hydrogen-bond donors (Lipinski definition) is 2. The Morgan fingerprint density at radius 2 is 2.03 bits per heavy atom. The Morgan fingerprint density at radius 3 is 2.67 bits per heavy atom. The number of aryl methyl sites for hydroxylation is 1. The first kappa shape index (κ1) is 21.4. The van der Waals surface area contributed by atoms with Crippen molar-refractivity contribution >= 4 is 34.7 Å². The van der Waals surface area contributed by atoms with Crippen LogP contribution in [0, 0.1) is 12.7 Å². The third-order valence-corrected chi connectivity index (χ3v) is 4.51.